The summed E-state index contributed by atoms with van der Waals surface area (Å²) in [6.45, 7) is 9.21. The van der Waals surface area contributed by atoms with Crippen molar-refractivity contribution in [3.05, 3.63) is 70.0 Å². The molecule has 0 bridgehead atoms. The van der Waals surface area contributed by atoms with Crippen molar-refractivity contribution in [1.29, 1.82) is 0 Å². The van der Waals surface area contributed by atoms with Gasteiger partial charge in [-0.05, 0) is 68.0 Å². The molecule has 0 saturated heterocycles. The van der Waals surface area contributed by atoms with Gasteiger partial charge >= 0.3 is 0 Å². The van der Waals surface area contributed by atoms with Crippen LogP contribution in [0.4, 0.5) is 5.13 Å². The zero-order chi connectivity index (χ0) is 23.5. The maximum atomic E-state index is 13.5. The Kier molecular flexibility index (Phi) is 7.41. The molecule has 0 atom stereocenters. The minimum absolute atomic E-state index is 0.0234. The number of rotatable bonds is 8. The van der Waals surface area contributed by atoms with Gasteiger partial charge in [0.05, 0.1) is 28.9 Å². The molecule has 0 fully saturated rings. The molecule has 2 aromatic heterocycles. The lowest BCUT2D eigenvalue weighted by Crippen LogP contribution is -2.35. The number of carbonyl (C=O) groups is 1. The van der Waals surface area contributed by atoms with E-state index in [1.165, 1.54) is 16.2 Å². The number of amides is 1. The monoisotopic (exact) mass is 498 g/mol. The molecule has 4 rings (SSSR count). The summed E-state index contributed by atoms with van der Waals surface area (Å²) in [5, 5.41) is 5.94. The smallest absolute Gasteiger partial charge is 0.233 e. The molecule has 0 spiro atoms. The molecule has 2 aromatic carbocycles. The predicted octanol–water partition coefficient (Wildman–Crippen LogP) is 6.46. The number of fused-ring (bicyclic) bond motifs is 1. The zero-order valence-electron chi connectivity index (χ0n) is 19.3. The van der Waals surface area contributed by atoms with E-state index in [0.717, 1.165) is 38.5 Å². The van der Waals surface area contributed by atoms with Crippen molar-refractivity contribution in [2.24, 2.45) is 0 Å². The molecule has 0 radical (unpaired) electrons. The number of thiazole rings is 1. The van der Waals surface area contributed by atoms with Crippen LogP contribution in [0.3, 0.4) is 0 Å². The Labute approximate surface area is 207 Å². The van der Waals surface area contributed by atoms with Crippen molar-refractivity contribution >= 4 is 56.0 Å². The Balaban J connectivity index is 1.62. The fraction of sp³-hybridized carbons (Fsp3) is 0.320. The Morgan fingerprint density at radius 2 is 1.91 bits per heavy atom. The second-order valence-electron chi connectivity index (χ2n) is 7.96. The van der Waals surface area contributed by atoms with Crippen molar-refractivity contribution in [2.75, 3.05) is 17.2 Å². The summed E-state index contributed by atoms with van der Waals surface area (Å²) in [4.78, 5) is 21.3. The summed E-state index contributed by atoms with van der Waals surface area (Å²) in [5.74, 6) is 1.05. The number of hydrogen-bond donors (Lipinski definition) is 0. The SMILES string of the molecule is CCSc1ccc(CC(=O)N(CCn2nc(C)cc2C)c2nc3c(C)c(Cl)ccc3s2)cc1. The van der Waals surface area contributed by atoms with Gasteiger partial charge in [-0.25, -0.2) is 4.98 Å². The third-order valence-electron chi connectivity index (χ3n) is 5.50. The fourth-order valence-corrected chi connectivity index (χ4v) is 5.65. The van der Waals surface area contributed by atoms with Gasteiger partial charge in [0.2, 0.25) is 5.91 Å². The van der Waals surface area contributed by atoms with E-state index in [1.807, 2.05) is 55.8 Å². The number of carbonyl (C=O) groups excluding carboxylic acids is 1. The number of nitrogens with zero attached hydrogens (tertiary/aromatic N) is 4. The van der Waals surface area contributed by atoms with E-state index in [0.29, 0.717) is 29.7 Å². The van der Waals surface area contributed by atoms with Crippen LogP contribution < -0.4 is 4.90 Å². The van der Waals surface area contributed by atoms with Gasteiger partial charge in [0.1, 0.15) is 0 Å². The van der Waals surface area contributed by atoms with Gasteiger partial charge in [-0.2, -0.15) is 5.10 Å². The number of benzene rings is 2. The number of anilines is 1. The standard InChI is InChI=1S/C25H27ClN4OS2/c1-5-32-20-8-6-19(7-9-20)15-23(31)29(12-13-30-17(3)14-16(2)28-30)25-27-24-18(4)21(26)10-11-22(24)33-25/h6-11,14H,5,12-13,15H2,1-4H3. The molecule has 0 aliphatic heterocycles. The molecule has 4 aromatic rings. The van der Waals surface area contributed by atoms with Gasteiger partial charge < -0.3 is 0 Å². The summed E-state index contributed by atoms with van der Waals surface area (Å²) in [6.07, 6.45) is 0.323. The van der Waals surface area contributed by atoms with Crippen molar-refractivity contribution in [3.8, 4) is 0 Å². The van der Waals surface area contributed by atoms with Gasteiger partial charge in [-0.3, -0.25) is 14.4 Å². The second kappa shape index (κ2) is 10.3. The van der Waals surface area contributed by atoms with Gasteiger partial charge in [0.25, 0.3) is 0 Å². The van der Waals surface area contributed by atoms with Crippen LogP contribution in [0.15, 0.2) is 47.4 Å². The third kappa shape index (κ3) is 5.42. The summed E-state index contributed by atoms with van der Waals surface area (Å²) < 4.78 is 2.97. The number of thioether (sulfide) groups is 1. The summed E-state index contributed by atoms with van der Waals surface area (Å²) in [7, 11) is 0. The first kappa shape index (κ1) is 23.8. The van der Waals surface area contributed by atoms with Crippen molar-refractivity contribution < 1.29 is 4.79 Å². The highest BCUT2D eigenvalue weighted by Gasteiger charge is 2.21. The van der Waals surface area contributed by atoms with Gasteiger partial charge in [-0.1, -0.05) is 42.0 Å². The van der Waals surface area contributed by atoms with Gasteiger partial charge in [0, 0.05) is 22.2 Å². The number of halogens is 1. The van der Waals surface area contributed by atoms with Gasteiger partial charge in [0.15, 0.2) is 5.13 Å². The topological polar surface area (TPSA) is 51.0 Å². The van der Waals surface area contributed by atoms with E-state index < -0.39 is 0 Å². The molecule has 0 unspecified atom stereocenters. The average molecular weight is 499 g/mol. The lowest BCUT2D eigenvalue weighted by molar-refractivity contribution is -0.118. The highest BCUT2D eigenvalue weighted by Crippen LogP contribution is 2.34. The van der Waals surface area contributed by atoms with Crippen LogP contribution in [0.2, 0.25) is 5.02 Å². The van der Waals surface area contributed by atoms with Crippen LogP contribution in [-0.4, -0.2) is 33.0 Å². The number of aryl methyl sites for hydroxylation is 3. The predicted molar refractivity (Wildman–Crippen MR) is 140 cm³/mol. The van der Waals surface area contributed by atoms with E-state index in [9.17, 15) is 4.79 Å². The van der Waals surface area contributed by atoms with E-state index >= 15 is 0 Å². The second-order valence-corrected chi connectivity index (χ2v) is 10.7. The Bertz CT molecular complexity index is 1280. The fourth-order valence-electron chi connectivity index (χ4n) is 3.77. The lowest BCUT2D eigenvalue weighted by atomic mass is 10.1. The van der Waals surface area contributed by atoms with Crippen LogP contribution in [0.5, 0.6) is 0 Å². The first-order valence-corrected chi connectivity index (χ1v) is 13.1. The van der Waals surface area contributed by atoms with Crippen LogP contribution in [0.25, 0.3) is 10.2 Å². The summed E-state index contributed by atoms with van der Waals surface area (Å²) >= 11 is 9.63. The maximum Gasteiger partial charge on any atom is 0.233 e. The third-order valence-corrected chi connectivity index (χ3v) is 7.84. The Morgan fingerprint density at radius 3 is 2.58 bits per heavy atom. The Hall–Kier alpha value is -2.35. The normalized spacial score (nSPS) is 11.3. The summed E-state index contributed by atoms with van der Waals surface area (Å²) in [6, 6.07) is 14.2. The highest BCUT2D eigenvalue weighted by molar-refractivity contribution is 7.99. The molecule has 0 aliphatic carbocycles. The molecule has 8 heteroatoms. The number of hydrogen-bond acceptors (Lipinski definition) is 5. The maximum absolute atomic E-state index is 13.5. The molecule has 33 heavy (non-hydrogen) atoms. The molecule has 0 N–H and O–H groups in total. The molecule has 1 amide bonds. The highest BCUT2D eigenvalue weighted by atomic mass is 35.5. The average Bonchev–Trinajstić information content (AvgIpc) is 3.35. The largest absolute Gasteiger partial charge is 0.286 e. The zero-order valence-corrected chi connectivity index (χ0v) is 21.7. The minimum Gasteiger partial charge on any atom is -0.286 e. The molecular weight excluding hydrogens is 472 g/mol. The lowest BCUT2D eigenvalue weighted by Gasteiger charge is -2.20. The van der Waals surface area contributed by atoms with Crippen molar-refractivity contribution in [2.45, 2.75) is 45.6 Å². The molecule has 0 aliphatic rings. The van der Waals surface area contributed by atoms with Crippen LogP contribution >= 0.6 is 34.7 Å². The Morgan fingerprint density at radius 1 is 1.15 bits per heavy atom. The van der Waals surface area contributed by atoms with Gasteiger partial charge in [-0.15, -0.1) is 11.8 Å². The molecular formula is C25H27ClN4OS2. The molecule has 5 nitrogen and oxygen atoms in total. The molecule has 2 heterocycles. The minimum atomic E-state index is 0.0234. The van der Waals surface area contributed by atoms with Crippen LogP contribution in [-0.2, 0) is 17.8 Å². The van der Waals surface area contributed by atoms with Crippen molar-refractivity contribution in [1.82, 2.24) is 14.8 Å². The first-order chi connectivity index (χ1) is 15.9. The summed E-state index contributed by atoms with van der Waals surface area (Å²) in [5.41, 5.74) is 4.84. The molecule has 172 valence electrons. The first-order valence-electron chi connectivity index (χ1n) is 10.9. The van der Waals surface area contributed by atoms with E-state index in [1.54, 1.807) is 16.7 Å². The van der Waals surface area contributed by atoms with Crippen molar-refractivity contribution in [3.63, 3.8) is 0 Å². The van der Waals surface area contributed by atoms with E-state index in [-0.39, 0.29) is 5.91 Å². The van der Waals surface area contributed by atoms with Crippen LogP contribution in [0.1, 0.15) is 29.4 Å². The van der Waals surface area contributed by atoms with Crippen LogP contribution in [0, 0.1) is 20.8 Å². The van der Waals surface area contributed by atoms with E-state index in [4.69, 9.17) is 16.6 Å². The number of aromatic nitrogens is 3. The quantitative estimate of drug-likeness (QED) is 0.261. The van der Waals surface area contributed by atoms with E-state index in [2.05, 4.69) is 24.2 Å². The molecule has 0 saturated carbocycles.